The minimum Gasteiger partial charge on any atom is -0.356 e. The molecule has 1 N–H and O–H groups in total. The van der Waals surface area contributed by atoms with Gasteiger partial charge >= 0.3 is 0 Å². The lowest BCUT2D eigenvalue weighted by Gasteiger charge is -2.20. The van der Waals surface area contributed by atoms with Gasteiger partial charge in [-0.15, -0.1) is 0 Å². The Morgan fingerprint density at radius 2 is 2.04 bits per heavy atom. The number of hydrogen-bond donors (Lipinski definition) is 1. The first-order chi connectivity index (χ1) is 12.6. The number of carbonyl (C=O) groups is 1. The van der Waals surface area contributed by atoms with Gasteiger partial charge in [-0.05, 0) is 50.3 Å². The van der Waals surface area contributed by atoms with E-state index in [1.165, 1.54) is 37.7 Å². The van der Waals surface area contributed by atoms with Gasteiger partial charge in [0.25, 0.3) is 0 Å². The van der Waals surface area contributed by atoms with Gasteiger partial charge in [0, 0.05) is 24.9 Å². The number of hydrogen-bond acceptors (Lipinski definition) is 3. The number of aromatic nitrogens is 3. The monoisotopic (exact) mass is 354 g/mol. The van der Waals surface area contributed by atoms with Crippen LogP contribution in [0.5, 0.6) is 0 Å². The van der Waals surface area contributed by atoms with Crippen LogP contribution in [-0.4, -0.2) is 27.2 Å². The van der Waals surface area contributed by atoms with Crippen LogP contribution in [0.4, 0.5) is 0 Å². The molecule has 2 aromatic rings. The van der Waals surface area contributed by atoms with E-state index in [0.29, 0.717) is 13.0 Å². The fraction of sp³-hybridized carbons (Fsp3) is 0.571. The number of nitrogens with zero attached hydrogens (tertiary/aromatic N) is 3. The average molecular weight is 354 g/mol. The van der Waals surface area contributed by atoms with E-state index in [4.69, 9.17) is 0 Å². The van der Waals surface area contributed by atoms with Crippen molar-refractivity contribution in [1.29, 1.82) is 0 Å². The smallest absolute Gasteiger partial charge is 0.220 e. The average Bonchev–Trinajstić information content (AvgIpc) is 2.96. The van der Waals surface area contributed by atoms with Gasteiger partial charge in [-0.1, -0.05) is 38.2 Å². The highest BCUT2D eigenvalue weighted by molar-refractivity contribution is 5.75. The molecule has 0 spiro atoms. The number of nitrogens with one attached hydrogen (secondary N) is 1. The summed E-state index contributed by atoms with van der Waals surface area (Å²) in [6, 6.07) is 5.82. The van der Waals surface area contributed by atoms with Gasteiger partial charge in [0.15, 0.2) is 5.82 Å². The predicted molar refractivity (Wildman–Crippen MR) is 103 cm³/mol. The van der Waals surface area contributed by atoms with Gasteiger partial charge in [0.05, 0.1) is 5.69 Å². The number of carbonyl (C=O) groups excluding carboxylic acids is 1. The van der Waals surface area contributed by atoms with Crippen LogP contribution < -0.4 is 5.32 Å². The zero-order chi connectivity index (χ0) is 18.4. The Bertz CT molecular complexity index is 717. The van der Waals surface area contributed by atoms with Crippen molar-refractivity contribution in [2.75, 3.05) is 6.54 Å². The van der Waals surface area contributed by atoms with E-state index in [1.807, 2.05) is 29.8 Å². The molecule has 5 heteroatoms. The highest BCUT2D eigenvalue weighted by Crippen LogP contribution is 2.27. The maximum atomic E-state index is 12.1. The third-order valence-electron chi connectivity index (χ3n) is 5.51. The molecule has 1 aliphatic rings. The molecule has 0 unspecified atom stereocenters. The summed E-state index contributed by atoms with van der Waals surface area (Å²) in [5.74, 6) is 1.77. The van der Waals surface area contributed by atoms with Gasteiger partial charge in [0.1, 0.15) is 0 Å². The SMILES string of the molecule is Cc1nn(-c2ccccn2)c(C)c1CCNC(=O)CCC1CCCCC1. The molecule has 5 nitrogen and oxygen atoms in total. The molecule has 0 atom stereocenters. The molecule has 0 aliphatic heterocycles. The summed E-state index contributed by atoms with van der Waals surface area (Å²) in [4.78, 5) is 16.5. The Morgan fingerprint density at radius 3 is 2.77 bits per heavy atom. The molecule has 26 heavy (non-hydrogen) atoms. The Labute approximate surface area is 156 Å². The second kappa shape index (κ2) is 8.97. The molecule has 0 bridgehead atoms. The van der Waals surface area contributed by atoms with Crippen LogP contribution in [0.25, 0.3) is 5.82 Å². The van der Waals surface area contributed by atoms with Crippen molar-refractivity contribution in [2.45, 2.75) is 65.2 Å². The first-order valence-electron chi connectivity index (χ1n) is 9.88. The van der Waals surface area contributed by atoms with E-state index >= 15 is 0 Å². The maximum absolute atomic E-state index is 12.1. The van der Waals surface area contributed by atoms with E-state index in [0.717, 1.165) is 36.0 Å². The Hall–Kier alpha value is -2.17. The molecule has 3 rings (SSSR count). The van der Waals surface area contributed by atoms with Gasteiger partial charge in [-0.2, -0.15) is 5.10 Å². The lowest BCUT2D eigenvalue weighted by atomic mass is 9.86. The molecule has 1 amide bonds. The minimum atomic E-state index is 0.183. The van der Waals surface area contributed by atoms with E-state index in [1.54, 1.807) is 6.20 Å². The van der Waals surface area contributed by atoms with Crippen LogP contribution in [0.15, 0.2) is 24.4 Å². The number of rotatable bonds is 7. The van der Waals surface area contributed by atoms with Crippen molar-refractivity contribution < 1.29 is 4.79 Å². The van der Waals surface area contributed by atoms with Crippen molar-refractivity contribution in [3.63, 3.8) is 0 Å². The maximum Gasteiger partial charge on any atom is 0.220 e. The molecule has 0 aromatic carbocycles. The quantitative estimate of drug-likeness (QED) is 0.820. The van der Waals surface area contributed by atoms with Crippen molar-refractivity contribution in [1.82, 2.24) is 20.1 Å². The molecule has 1 saturated carbocycles. The van der Waals surface area contributed by atoms with E-state index in [2.05, 4.69) is 22.3 Å². The summed E-state index contributed by atoms with van der Waals surface area (Å²) in [5, 5.41) is 7.70. The zero-order valence-corrected chi connectivity index (χ0v) is 16.0. The van der Waals surface area contributed by atoms with Gasteiger partial charge < -0.3 is 5.32 Å². The molecular weight excluding hydrogens is 324 g/mol. The zero-order valence-electron chi connectivity index (χ0n) is 16.0. The third kappa shape index (κ3) is 4.71. The molecule has 1 fully saturated rings. The number of amides is 1. The van der Waals surface area contributed by atoms with Gasteiger partial charge in [-0.3, -0.25) is 4.79 Å². The van der Waals surface area contributed by atoms with Crippen LogP contribution in [-0.2, 0) is 11.2 Å². The molecule has 2 aromatic heterocycles. The normalized spacial score (nSPS) is 15.2. The summed E-state index contributed by atoms with van der Waals surface area (Å²) in [6.45, 7) is 4.75. The van der Waals surface area contributed by atoms with Gasteiger partial charge in [0.2, 0.25) is 5.91 Å². The first-order valence-corrected chi connectivity index (χ1v) is 9.88. The summed E-state index contributed by atoms with van der Waals surface area (Å²) < 4.78 is 1.88. The van der Waals surface area contributed by atoms with Crippen LogP contribution in [0.2, 0.25) is 0 Å². The van der Waals surface area contributed by atoms with Crippen LogP contribution in [0.3, 0.4) is 0 Å². The second-order valence-corrected chi connectivity index (χ2v) is 7.39. The van der Waals surface area contributed by atoms with Crippen molar-refractivity contribution in [3.8, 4) is 5.82 Å². The number of pyridine rings is 1. The van der Waals surface area contributed by atoms with Crippen LogP contribution >= 0.6 is 0 Å². The molecule has 140 valence electrons. The van der Waals surface area contributed by atoms with Gasteiger partial charge in [-0.25, -0.2) is 9.67 Å². The largest absolute Gasteiger partial charge is 0.356 e. The Balaban J connectivity index is 1.49. The van der Waals surface area contributed by atoms with Crippen LogP contribution in [0.1, 0.15) is 61.9 Å². The molecular formula is C21H30N4O. The van der Waals surface area contributed by atoms with Crippen molar-refractivity contribution >= 4 is 5.91 Å². The number of aryl methyl sites for hydroxylation is 1. The Morgan fingerprint density at radius 1 is 1.23 bits per heavy atom. The molecule has 2 heterocycles. The molecule has 0 radical (unpaired) electrons. The third-order valence-corrected chi connectivity index (χ3v) is 5.51. The topological polar surface area (TPSA) is 59.8 Å². The summed E-state index contributed by atoms with van der Waals surface area (Å²) in [5.41, 5.74) is 3.30. The Kier molecular flexibility index (Phi) is 6.42. The molecule has 0 saturated heterocycles. The second-order valence-electron chi connectivity index (χ2n) is 7.39. The fourth-order valence-electron chi connectivity index (χ4n) is 3.97. The predicted octanol–water partition coefficient (Wildman–Crippen LogP) is 3.90. The lowest BCUT2D eigenvalue weighted by Crippen LogP contribution is -2.26. The van der Waals surface area contributed by atoms with Crippen molar-refractivity contribution in [3.05, 3.63) is 41.3 Å². The molecule has 1 aliphatic carbocycles. The van der Waals surface area contributed by atoms with Crippen LogP contribution in [0, 0.1) is 19.8 Å². The summed E-state index contributed by atoms with van der Waals surface area (Å²) in [7, 11) is 0. The highest BCUT2D eigenvalue weighted by Gasteiger charge is 2.16. The van der Waals surface area contributed by atoms with Crippen molar-refractivity contribution in [2.24, 2.45) is 5.92 Å². The minimum absolute atomic E-state index is 0.183. The van der Waals surface area contributed by atoms with E-state index in [-0.39, 0.29) is 5.91 Å². The van der Waals surface area contributed by atoms with E-state index < -0.39 is 0 Å². The first kappa shape index (κ1) is 18.6. The fourth-order valence-corrected chi connectivity index (χ4v) is 3.97. The highest BCUT2D eigenvalue weighted by atomic mass is 16.1. The van der Waals surface area contributed by atoms with E-state index in [9.17, 15) is 4.79 Å². The standard InChI is InChI=1S/C21H30N4O/c1-16-19(17(2)25(24-16)20-10-6-7-14-22-20)13-15-23-21(26)12-11-18-8-4-3-5-9-18/h6-7,10,14,18H,3-5,8-9,11-13,15H2,1-2H3,(H,23,26). The summed E-state index contributed by atoms with van der Waals surface area (Å²) in [6.07, 6.45) is 10.9. The lowest BCUT2D eigenvalue weighted by molar-refractivity contribution is -0.121. The summed E-state index contributed by atoms with van der Waals surface area (Å²) >= 11 is 0.